The maximum absolute atomic E-state index is 10.7. The van der Waals surface area contributed by atoms with Crippen LogP contribution in [0.5, 0.6) is 0 Å². The Morgan fingerprint density at radius 2 is 1.93 bits per heavy atom. The highest BCUT2D eigenvalue weighted by atomic mass is 35.7. The molecule has 0 unspecified atom stereocenters. The van der Waals surface area contributed by atoms with E-state index in [-0.39, 0.29) is 5.75 Å². The first-order valence-corrected chi connectivity index (χ1v) is 6.61. The van der Waals surface area contributed by atoms with E-state index in [0.29, 0.717) is 0 Å². The van der Waals surface area contributed by atoms with E-state index in [1.165, 1.54) is 0 Å². The van der Waals surface area contributed by atoms with Crippen molar-refractivity contribution in [2.24, 2.45) is 0 Å². The maximum Gasteiger partial charge on any atom is 0.236 e. The molecule has 0 aromatic heterocycles. The van der Waals surface area contributed by atoms with Crippen molar-refractivity contribution in [3.05, 3.63) is 42.0 Å². The molecule has 0 aliphatic carbocycles. The third-order valence-corrected chi connectivity index (χ3v) is 2.76. The molecule has 1 rings (SSSR count). The van der Waals surface area contributed by atoms with Gasteiger partial charge in [0.25, 0.3) is 0 Å². The Kier molecular flexibility index (Phi) is 3.72. The molecule has 0 aliphatic heterocycles. The summed E-state index contributed by atoms with van der Waals surface area (Å²) in [4.78, 5) is 0. The van der Waals surface area contributed by atoms with E-state index in [1.54, 1.807) is 6.08 Å². The van der Waals surface area contributed by atoms with Crippen LogP contribution in [0.25, 0.3) is 5.57 Å². The van der Waals surface area contributed by atoms with Gasteiger partial charge >= 0.3 is 0 Å². The summed E-state index contributed by atoms with van der Waals surface area (Å²) in [5.41, 5.74) is 1.92. The van der Waals surface area contributed by atoms with Gasteiger partial charge in [-0.1, -0.05) is 36.4 Å². The molecule has 2 nitrogen and oxygen atoms in total. The number of hydrogen-bond acceptors (Lipinski definition) is 2. The fraction of sp³-hybridized carbons (Fsp3) is 0.200. The Labute approximate surface area is 88.6 Å². The number of allylic oxidation sites excluding steroid dienone is 1. The summed E-state index contributed by atoms with van der Waals surface area (Å²) in [5, 5.41) is 0. The molecule has 0 spiro atoms. The lowest BCUT2D eigenvalue weighted by Gasteiger charge is -1.99. The Hall–Kier alpha value is -0.800. The minimum Gasteiger partial charge on any atom is -0.212 e. The minimum absolute atomic E-state index is 0.130. The van der Waals surface area contributed by atoms with Crippen LogP contribution in [0.2, 0.25) is 0 Å². The molecule has 14 heavy (non-hydrogen) atoms. The molecule has 0 bridgehead atoms. The van der Waals surface area contributed by atoms with E-state index in [0.717, 1.165) is 11.1 Å². The van der Waals surface area contributed by atoms with Crippen LogP contribution in [-0.2, 0) is 9.05 Å². The molecule has 0 N–H and O–H groups in total. The molecule has 0 saturated carbocycles. The zero-order valence-corrected chi connectivity index (χ0v) is 9.35. The van der Waals surface area contributed by atoms with Crippen LogP contribution in [0, 0.1) is 0 Å². The molecule has 1 aromatic carbocycles. The van der Waals surface area contributed by atoms with Gasteiger partial charge in [0, 0.05) is 10.7 Å². The van der Waals surface area contributed by atoms with Gasteiger partial charge in [0.1, 0.15) is 0 Å². The van der Waals surface area contributed by atoms with Crippen LogP contribution in [-0.4, -0.2) is 14.2 Å². The van der Waals surface area contributed by atoms with Gasteiger partial charge in [-0.25, -0.2) is 8.42 Å². The summed E-state index contributed by atoms with van der Waals surface area (Å²) in [6.07, 6.45) is 1.61. The van der Waals surface area contributed by atoms with Crippen LogP contribution < -0.4 is 0 Å². The molecule has 0 amide bonds. The predicted molar refractivity (Wildman–Crippen MR) is 59.7 cm³/mol. The second kappa shape index (κ2) is 4.62. The minimum atomic E-state index is -3.43. The van der Waals surface area contributed by atoms with Gasteiger partial charge in [-0.2, -0.15) is 0 Å². The zero-order chi connectivity index (χ0) is 10.6. The molecule has 0 radical (unpaired) electrons. The molecule has 0 saturated heterocycles. The van der Waals surface area contributed by atoms with Crippen LogP contribution >= 0.6 is 10.7 Å². The van der Waals surface area contributed by atoms with Gasteiger partial charge < -0.3 is 0 Å². The Balaban J connectivity index is 2.81. The summed E-state index contributed by atoms with van der Waals surface area (Å²) in [6, 6.07) is 9.57. The van der Waals surface area contributed by atoms with Crippen molar-refractivity contribution < 1.29 is 8.42 Å². The number of hydrogen-bond donors (Lipinski definition) is 0. The third-order valence-electron chi connectivity index (χ3n) is 1.82. The van der Waals surface area contributed by atoms with Crippen LogP contribution in [0.4, 0.5) is 0 Å². The molecule has 0 atom stereocenters. The molecule has 4 heteroatoms. The molecule has 0 fully saturated rings. The van der Waals surface area contributed by atoms with E-state index in [1.807, 2.05) is 37.3 Å². The topological polar surface area (TPSA) is 34.1 Å². The second-order valence-corrected chi connectivity index (χ2v) is 5.78. The molecule has 76 valence electrons. The monoisotopic (exact) mass is 230 g/mol. The fourth-order valence-corrected chi connectivity index (χ4v) is 1.68. The average molecular weight is 231 g/mol. The van der Waals surface area contributed by atoms with Crippen molar-refractivity contribution in [3.8, 4) is 0 Å². The lowest BCUT2D eigenvalue weighted by atomic mass is 10.1. The third kappa shape index (κ3) is 3.94. The van der Waals surface area contributed by atoms with Gasteiger partial charge in [-0.3, -0.25) is 0 Å². The van der Waals surface area contributed by atoms with Gasteiger partial charge in [0.15, 0.2) is 0 Å². The molecular weight excluding hydrogens is 220 g/mol. The van der Waals surface area contributed by atoms with E-state index in [9.17, 15) is 8.42 Å². The van der Waals surface area contributed by atoms with Crippen molar-refractivity contribution in [2.45, 2.75) is 6.92 Å². The standard InChI is InChI=1S/C10H11ClO2S/c1-9(7-8-14(11,12)13)10-5-3-2-4-6-10/h2-7H,8H2,1H3/b9-7-. The number of halogens is 1. The lowest BCUT2D eigenvalue weighted by Crippen LogP contribution is -1.93. The highest BCUT2D eigenvalue weighted by Gasteiger charge is 2.02. The zero-order valence-electron chi connectivity index (χ0n) is 7.77. The van der Waals surface area contributed by atoms with Crippen molar-refractivity contribution in [1.29, 1.82) is 0 Å². The quantitative estimate of drug-likeness (QED) is 0.749. The van der Waals surface area contributed by atoms with Gasteiger partial charge in [0.2, 0.25) is 9.05 Å². The molecule has 1 aromatic rings. The van der Waals surface area contributed by atoms with Crippen LogP contribution in [0.1, 0.15) is 12.5 Å². The lowest BCUT2D eigenvalue weighted by molar-refractivity contribution is 0.612. The van der Waals surface area contributed by atoms with Gasteiger partial charge in [-0.15, -0.1) is 0 Å². The first-order chi connectivity index (χ1) is 6.49. The Morgan fingerprint density at radius 1 is 1.36 bits per heavy atom. The van der Waals surface area contributed by atoms with Gasteiger partial charge in [-0.05, 0) is 18.1 Å². The summed E-state index contributed by atoms with van der Waals surface area (Å²) in [7, 11) is 1.66. The summed E-state index contributed by atoms with van der Waals surface area (Å²) in [6.45, 7) is 1.86. The number of rotatable bonds is 3. The first-order valence-electron chi connectivity index (χ1n) is 4.13. The largest absolute Gasteiger partial charge is 0.236 e. The van der Waals surface area contributed by atoms with Crippen LogP contribution in [0.15, 0.2) is 36.4 Å². The summed E-state index contributed by atoms with van der Waals surface area (Å²) in [5.74, 6) is -0.130. The average Bonchev–Trinajstić information content (AvgIpc) is 2.14. The van der Waals surface area contributed by atoms with Crippen molar-refractivity contribution in [3.63, 3.8) is 0 Å². The first kappa shape index (κ1) is 11.3. The van der Waals surface area contributed by atoms with Crippen molar-refractivity contribution in [2.75, 3.05) is 5.75 Å². The molecule has 0 aliphatic rings. The maximum atomic E-state index is 10.7. The Morgan fingerprint density at radius 3 is 2.43 bits per heavy atom. The Bertz CT molecular complexity index is 421. The highest BCUT2D eigenvalue weighted by molar-refractivity contribution is 8.13. The van der Waals surface area contributed by atoms with Crippen LogP contribution in [0.3, 0.4) is 0 Å². The van der Waals surface area contributed by atoms with E-state index >= 15 is 0 Å². The number of benzene rings is 1. The van der Waals surface area contributed by atoms with Crippen molar-refractivity contribution in [1.82, 2.24) is 0 Å². The van der Waals surface area contributed by atoms with Crippen molar-refractivity contribution >= 4 is 25.3 Å². The molecule has 0 heterocycles. The highest BCUT2D eigenvalue weighted by Crippen LogP contribution is 2.13. The van der Waals surface area contributed by atoms with Gasteiger partial charge in [0.05, 0.1) is 5.75 Å². The SMILES string of the molecule is C/C(=C/CS(=O)(=O)Cl)c1ccccc1. The smallest absolute Gasteiger partial charge is 0.212 e. The molecular formula is C10H11ClO2S. The fourth-order valence-electron chi connectivity index (χ4n) is 1.04. The summed E-state index contributed by atoms with van der Waals surface area (Å²) >= 11 is 0. The van der Waals surface area contributed by atoms with E-state index in [4.69, 9.17) is 10.7 Å². The normalized spacial score (nSPS) is 12.9. The second-order valence-electron chi connectivity index (χ2n) is 2.96. The summed E-state index contributed by atoms with van der Waals surface area (Å²) < 4.78 is 21.4. The predicted octanol–water partition coefficient (Wildman–Crippen LogP) is 2.66. The van der Waals surface area contributed by atoms with E-state index < -0.39 is 9.05 Å². The van der Waals surface area contributed by atoms with E-state index in [2.05, 4.69) is 0 Å².